The van der Waals surface area contributed by atoms with Crippen LogP contribution in [-0.4, -0.2) is 51.6 Å². The summed E-state index contributed by atoms with van der Waals surface area (Å²) in [6, 6.07) is 0. The molecule has 2 heterocycles. The lowest BCUT2D eigenvalue weighted by Crippen LogP contribution is -2.50. The lowest BCUT2D eigenvalue weighted by atomic mass is 9.96. The fraction of sp³-hybridized carbons (Fsp3) is 1.00. The van der Waals surface area contributed by atoms with Gasteiger partial charge in [0.05, 0.1) is 25.4 Å². The third kappa shape index (κ3) is 2.45. The smallest absolute Gasteiger partial charge is 0.0750 e. The molecule has 2 fully saturated rings. The number of rotatable bonds is 2. The highest BCUT2D eigenvalue weighted by Gasteiger charge is 2.29. The summed E-state index contributed by atoms with van der Waals surface area (Å²) in [5, 5.41) is 6.71. The van der Waals surface area contributed by atoms with Crippen LogP contribution in [0, 0.1) is 5.92 Å². The second kappa shape index (κ2) is 5.07. The molecule has 0 bridgehead atoms. The molecule has 2 saturated heterocycles. The standard InChI is InChI=1S/C10H20N2O2/c1-8(9-6-11-2-4-13-9)10-7-12-3-5-14-10/h8-12H,2-7H2,1H3. The van der Waals surface area contributed by atoms with Crippen molar-refractivity contribution in [1.29, 1.82) is 0 Å². The monoisotopic (exact) mass is 200 g/mol. The normalized spacial score (nSPS) is 36.6. The van der Waals surface area contributed by atoms with Gasteiger partial charge in [0.25, 0.3) is 0 Å². The zero-order chi connectivity index (χ0) is 9.80. The van der Waals surface area contributed by atoms with Crippen LogP contribution in [0.15, 0.2) is 0 Å². The lowest BCUT2D eigenvalue weighted by molar-refractivity contribution is -0.0774. The molecule has 0 spiro atoms. The minimum absolute atomic E-state index is 0.314. The number of nitrogens with one attached hydrogen (secondary N) is 2. The maximum absolute atomic E-state index is 5.72. The SMILES string of the molecule is CC(C1CNCCO1)C1CNCCO1. The van der Waals surface area contributed by atoms with Crippen molar-refractivity contribution >= 4 is 0 Å². The van der Waals surface area contributed by atoms with E-state index in [9.17, 15) is 0 Å². The van der Waals surface area contributed by atoms with Crippen LogP contribution in [0.4, 0.5) is 0 Å². The molecule has 2 N–H and O–H groups in total. The van der Waals surface area contributed by atoms with E-state index in [0.717, 1.165) is 39.4 Å². The van der Waals surface area contributed by atoms with Crippen molar-refractivity contribution < 1.29 is 9.47 Å². The van der Waals surface area contributed by atoms with E-state index in [1.54, 1.807) is 0 Å². The Balaban J connectivity index is 1.82. The molecule has 0 aromatic rings. The van der Waals surface area contributed by atoms with Crippen molar-refractivity contribution in [2.24, 2.45) is 5.92 Å². The summed E-state index contributed by atoms with van der Waals surface area (Å²) in [5.41, 5.74) is 0. The van der Waals surface area contributed by atoms with E-state index in [2.05, 4.69) is 17.6 Å². The van der Waals surface area contributed by atoms with Crippen molar-refractivity contribution in [2.45, 2.75) is 19.1 Å². The van der Waals surface area contributed by atoms with Gasteiger partial charge in [0.2, 0.25) is 0 Å². The van der Waals surface area contributed by atoms with Crippen LogP contribution < -0.4 is 10.6 Å². The quantitative estimate of drug-likeness (QED) is 0.636. The Morgan fingerprint density at radius 2 is 1.50 bits per heavy atom. The molecular formula is C10H20N2O2. The third-order valence-corrected chi connectivity index (χ3v) is 3.09. The van der Waals surface area contributed by atoms with E-state index in [-0.39, 0.29) is 0 Å². The molecule has 4 nitrogen and oxygen atoms in total. The molecule has 2 unspecified atom stereocenters. The van der Waals surface area contributed by atoms with Gasteiger partial charge in [-0.05, 0) is 0 Å². The Kier molecular flexibility index (Phi) is 3.75. The van der Waals surface area contributed by atoms with Gasteiger partial charge in [-0.1, -0.05) is 6.92 Å². The van der Waals surface area contributed by atoms with Crippen LogP contribution in [0.25, 0.3) is 0 Å². The summed E-state index contributed by atoms with van der Waals surface area (Å²) in [5.74, 6) is 0.468. The molecule has 0 aromatic carbocycles. The molecule has 0 aromatic heterocycles. The average Bonchev–Trinajstić information content (AvgIpc) is 2.30. The molecule has 2 aliphatic heterocycles. The summed E-state index contributed by atoms with van der Waals surface area (Å²) in [4.78, 5) is 0. The maximum atomic E-state index is 5.72. The molecule has 2 aliphatic rings. The van der Waals surface area contributed by atoms with Gasteiger partial charge >= 0.3 is 0 Å². The Morgan fingerprint density at radius 3 is 1.86 bits per heavy atom. The van der Waals surface area contributed by atoms with Crippen molar-refractivity contribution in [1.82, 2.24) is 10.6 Å². The number of hydrogen-bond acceptors (Lipinski definition) is 4. The van der Waals surface area contributed by atoms with Crippen LogP contribution >= 0.6 is 0 Å². The van der Waals surface area contributed by atoms with E-state index in [1.165, 1.54) is 0 Å². The van der Waals surface area contributed by atoms with E-state index >= 15 is 0 Å². The van der Waals surface area contributed by atoms with Crippen LogP contribution in [0.5, 0.6) is 0 Å². The summed E-state index contributed by atoms with van der Waals surface area (Å²) < 4.78 is 11.4. The van der Waals surface area contributed by atoms with E-state index < -0.39 is 0 Å². The van der Waals surface area contributed by atoms with Gasteiger partial charge in [-0.2, -0.15) is 0 Å². The highest BCUT2D eigenvalue weighted by molar-refractivity contribution is 4.82. The largest absolute Gasteiger partial charge is 0.375 e. The van der Waals surface area contributed by atoms with Crippen molar-refractivity contribution in [3.05, 3.63) is 0 Å². The topological polar surface area (TPSA) is 42.5 Å². The summed E-state index contributed by atoms with van der Waals surface area (Å²) in [6.45, 7) is 7.75. The van der Waals surface area contributed by atoms with Crippen molar-refractivity contribution in [3.63, 3.8) is 0 Å². The second-order valence-corrected chi connectivity index (χ2v) is 4.09. The molecule has 0 aliphatic carbocycles. The fourth-order valence-electron chi connectivity index (χ4n) is 2.09. The first-order chi connectivity index (χ1) is 6.88. The molecule has 2 rings (SSSR count). The average molecular weight is 200 g/mol. The number of morpholine rings is 2. The number of ether oxygens (including phenoxy) is 2. The van der Waals surface area contributed by atoms with Crippen LogP contribution in [0.2, 0.25) is 0 Å². The zero-order valence-electron chi connectivity index (χ0n) is 8.79. The van der Waals surface area contributed by atoms with Gasteiger partial charge < -0.3 is 20.1 Å². The summed E-state index contributed by atoms with van der Waals surface area (Å²) in [6.07, 6.45) is 0.627. The van der Waals surface area contributed by atoms with Crippen molar-refractivity contribution in [2.75, 3.05) is 39.4 Å². The Labute approximate surface area is 85.3 Å². The summed E-state index contributed by atoms with van der Waals surface area (Å²) >= 11 is 0. The zero-order valence-corrected chi connectivity index (χ0v) is 8.79. The summed E-state index contributed by atoms with van der Waals surface area (Å²) in [7, 11) is 0. The van der Waals surface area contributed by atoms with Crippen molar-refractivity contribution in [3.8, 4) is 0 Å². The van der Waals surface area contributed by atoms with Gasteiger partial charge in [-0.3, -0.25) is 0 Å². The van der Waals surface area contributed by atoms with Gasteiger partial charge in [-0.25, -0.2) is 0 Å². The Bertz CT molecular complexity index is 148. The molecule has 0 amide bonds. The first kappa shape index (κ1) is 10.4. The van der Waals surface area contributed by atoms with E-state index in [0.29, 0.717) is 18.1 Å². The number of hydrogen-bond donors (Lipinski definition) is 2. The molecule has 0 radical (unpaired) electrons. The predicted octanol–water partition coefficient (Wildman–Crippen LogP) is -0.401. The van der Waals surface area contributed by atoms with Gasteiger partial charge in [-0.15, -0.1) is 0 Å². The molecule has 2 atom stereocenters. The van der Waals surface area contributed by atoms with E-state index in [1.807, 2.05) is 0 Å². The highest BCUT2D eigenvalue weighted by Crippen LogP contribution is 2.17. The van der Waals surface area contributed by atoms with Crippen LogP contribution in [0.3, 0.4) is 0 Å². The fourth-order valence-corrected chi connectivity index (χ4v) is 2.09. The molecule has 14 heavy (non-hydrogen) atoms. The van der Waals surface area contributed by atoms with Gasteiger partial charge in [0, 0.05) is 32.1 Å². The minimum atomic E-state index is 0.314. The lowest BCUT2D eigenvalue weighted by Gasteiger charge is -2.35. The predicted molar refractivity (Wildman–Crippen MR) is 54.4 cm³/mol. The molecule has 0 saturated carbocycles. The van der Waals surface area contributed by atoms with Crippen LogP contribution in [-0.2, 0) is 9.47 Å². The Hall–Kier alpha value is -0.160. The first-order valence-corrected chi connectivity index (χ1v) is 5.52. The van der Waals surface area contributed by atoms with Gasteiger partial charge in [0.1, 0.15) is 0 Å². The molecule has 82 valence electrons. The minimum Gasteiger partial charge on any atom is -0.375 e. The molecular weight excluding hydrogens is 180 g/mol. The third-order valence-electron chi connectivity index (χ3n) is 3.09. The Morgan fingerprint density at radius 1 is 1.00 bits per heavy atom. The first-order valence-electron chi connectivity index (χ1n) is 5.52. The maximum Gasteiger partial charge on any atom is 0.0750 e. The second-order valence-electron chi connectivity index (χ2n) is 4.09. The highest BCUT2D eigenvalue weighted by atomic mass is 16.5. The van der Waals surface area contributed by atoms with Crippen LogP contribution in [0.1, 0.15) is 6.92 Å². The van der Waals surface area contributed by atoms with E-state index in [4.69, 9.17) is 9.47 Å². The molecule has 4 heteroatoms. The van der Waals surface area contributed by atoms with Gasteiger partial charge in [0.15, 0.2) is 0 Å².